The van der Waals surface area contributed by atoms with Crippen molar-refractivity contribution in [2.45, 2.75) is 38.3 Å². The minimum atomic E-state index is -0.0934. The zero-order valence-corrected chi connectivity index (χ0v) is 15.4. The Labute approximate surface area is 140 Å². The monoisotopic (exact) mass is 336 g/mol. The highest BCUT2D eigenvalue weighted by molar-refractivity contribution is 7.80. The van der Waals surface area contributed by atoms with Crippen LogP contribution in [-0.4, -0.2) is 18.0 Å². The number of phenols is 1. The van der Waals surface area contributed by atoms with Crippen molar-refractivity contribution in [1.29, 1.82) is 0 Å². The molecule has 1 aromatic carbocycles. The standard InChI is InChI=1S/C18H25O2PS/c1-4-18(2,15-11-14(20-3)9-10-16(15)19)21-17-8-6-5-7-13(17)12-22/h6,8-11,19,21-22H,4-5,7,12H2,1-3H3. The largest absolute Gasteiger partial charge is 0.508 e. The van der Waals surface area contributed by atoms with E-state index >= 15 is 0 Å². The summed E-state index contributed by atoms with van der Waals surface area (Å²) in [5, 5.41) is 11.7. The zero-order valence-electron chi connectivity index (χ0n) is 13.5. The number of aromatic hydroxyl groups is 1. The van der Waals surface area contributed by atoms with Crippen molar-refractivity contribution in [3.05, 3.63) is 46.8 Å². The lowest BCUT2D eigenvalue weighted by Crippen LogP contribution is -2.15. The van der Waals surface area contributed by atoms with Crippen LogP contribution in [0.1, 0.15) is 38.7 Å². The Morgan fingerprint density at radius 2 is 2.18 bits per heavy atom. The van der Waals surface area contributed by atoms with Gasteiger partial charge in [0.1, 0.15) is 11.5 Å². The molecule has 1 N–H and O–H groups in total. The average Bonchev–Trinajstić information content (AvgIpc) is 2.55. The maximum Gasteiger partial charge on any atom is 0.119 e. The van der Waals surface area contributed by atoms with Crippen LogP contribution in [0.25, 0.3) is 0 Å². The third-order valence-electron chi connectivity index (χ3n) is 4.38. The SMILES string of the molecule is CCC(C)(PC1=C(CS)CCC=C1)c1cc(OC)ccc1O. The van der Waals surface area contributed by atoms with Gasteiger partial charge in [-0.15, -0.1) is 0 Å². The van der Waals surface area contributed by atoms with Gasteiger partial charge >= 0.3 is 0 Å². The molecule has 0 aliphatic heterocycles. The van der Waals surface area contributed by atoms with Gasteiger partial charge in [-0.1, -0.05) is 40.2 Å². The molecular formula is C18H25O2PS. The first kappa shape index (κ1) is 17.4. The van der Waals surface area contributed by atoms with Crippen LogP contribution in [0.2, 0.25) is 0 Å². The maximum absolute atomic E-state index is 10.3. The second-order valence-electron chi connectivity index (χ2n) is 5.81. The fraction of sp³-hybridized carbons (Fsp3) is 0.444. The van der Waals surface area contributed by atoms with Gasteiger partial charge in [-0.2, -0.15) is 12.6 Å². The van der Waals surface area contributed by atoms with E-state index in [-0.39, 0.29) is 5.16 Å². The Morgan fingerprint density at radius 3 is 2.82 bits per heavy atom. The zero-order chi connectivity index (χ0) is 16.2. The van der Waals surface area contributed by atoms with Gasteiger partial charge in [0.15, 0.2) is 0 Å². The highest BCUT2D eigenvalue weighted by Gasteiger charge is 2.30. The second kappa shape index (κ2) is 7.57. The third-order valence-corrected chi connectivity index (χ3v) is 6.73. The normalized spacial score (nSPS) is 18.0. The van der Waals surface area contributed by atoms with E-state index in [0.717, 1.165) is 36.3 Å². The summed E-state index contributed by atoms with van der Waals surface area (Å²) >= 11 is 4.48. The summed E-state index contributed by atoms with van der Waals surface area (Å²) in [4.78, 5) is 0. The van der Waals surface area contributed by atoms with Crippen molar-refractivity contribution in [1.82, 2.24) is 0 Å². The average molecular weight is 336 g/mol. The van der Waals surface area contributed by atoms with E-state index in [1.54, 1.807) is 19.2 Å². The molecule has 1 aliphatic carbocycles. The maximum atomic E-state index is 10.3. The number of thiol groups is 1. The number of hydrogen-bond donors (Lipinski definition) is 2. The van der Waals surface area contributed by atoms with E-state index in [0.29, 0.717) is 14.3 Å². The summed E-state index contributed by atoms with van der Waals surface area (Å²) < 4.78 is 5.34. The van der Waals surface area contributed by atoms with Crippen molar-refractivity contribution < 1.29 is 9.84 Å². The van der Waals surface area contributed by atoms with Crippen molar-refractivity contribution in [2.24, 2.45) is 0 Å². The predicted molar refractivity (Wildman–Crippen MR) is 99.9 cm³/mol. The number of hydrogen-bond acceptors (Lipinski definition) is 3. The summed E-state index contributed by atoms with van der Waals surface area (Å²) in [7, 11) is 2.27. The van der Waals surface area contributed by atoms with Crippen LogP contribution in [0.4, 0.5) is 0 Å². The van der Waals surface area contributed by atoms with Crippen LogP contribution < -0.4 is 4.74 Å². The van der Waals surface area contributed by atoms with Crippen molar-refractivity contribution in [3.63, 3.8) is 0 Å². The van der Waals surface area contributed by atoms with Crippen LogP contribution >= 0.6 is 21.2 Å². The van der Waals surface area contributed by atoms with Gasteiger partial charge in [-0.25, -0.2) is 0 Å². The van der Waals surface area contributed by atoms with E-state index in [2.05, 4.69) is 38.6 Å². The summed E-state index contributed by atoms with van der Waals surface area (Å²) in [6.07, 6.45) is 7.67. The van der Waals surface area contributed by atoms with Gasteiger partial charge in [0.2, 0.25) is 0 Å². The molecule has 120 valence electrons. The molecule has 2 unspecified atom stereocenters. The van der Waals surface area contributed by atoms with Gasteiger partial charge in [0.05, 0.1) is 7.11 Å². The molecule has 0 heterocycles. The molecular weight excluding hydrogens is 311 g/mol. The smallest absolute Gasteiger partial charge is 0.119 e. The topological polar surface area (TPSA) is 29.5 Å². The quantitative estimate of drug-likeness (QED) is 0.549. The Hall–Kier alpha value is -0.920. The lowest BCUT2D eigenvalue weighted by Gasteiger charge is -2.32. The lowest BCUT2D eigenvalue weighted by molar-refractivity contribution is 0.408. The molecule has 0 bridgehead atoms. The molecule has 0 spiro atoms. The van der Waals surface area contributed by atoms with E-state index in [4.69, 9.17) is 4.74 Å². The van der Waals surface area contributed by atoms with Gasteiger partial charge in [0, 0.05) is 16.5 Å². The molecule has 0 saturated heterocycles. The Balaban J connectivity index is 2.40. The lowest BCUT2D eigenvalue weighted by atomic mass is 9.96. The molecule has 22 heavy (non-hydrogen) atoms. The molecule has 0 aromatic heterocycles. The Kier molecular flexibility index (Phi) is 6.00. The molecule has 1 aliphatic rings. The summed E-state index contributed by atoms with van der Waals surface area (Å²) in [5.74, 6) is 1.96. The highest BCUT2D eigenvalue weighted by atomic mass is 32.1. The molecule has 2 atom stereocenters. The summed E-state index contributed by atoms with van der Waals surface area (Å²) in [6, 6.07) is 5.51. The first-order valence-corrected chi connectivity index (χ1v) is 9.32. The Bertz CT molecular complexity index is 595. The van der Waals surface area contributed by atoms with Crippen molar-refractivity contribution >= 4 is 21.2 Å². The first-order chi connectivity index (χ1) is 10.5. The molecule has 0 radical (unpaired) electrons. The number of allylic oxidation sites excluding steroid dienone is 3. The van der Waals surface area contributed by atoms with E-state index in [1.807, 2.05) is 6.07 Å². The van der Waals surface area contributed by atoms with Crippen LogP contribution in [0.3, 0.4) is 0 Å². The molecule has 2 rings (SSSR count). The van der Waals surface area contributed by atoms with E-state index in [1.165, 1.54) is 10.9 Å². The third kappa shape index (κ3) is 3.70. The second-order valence-corrected chi connectivity index (χ2v) is 8.02. The number of rotatable bonds is 6. The molecule has 2 nitrogen and oxygen atoms in total. The molecule has 0 fully saturated rings. The number of benzene rings is 1. The molecule has 0 amide bonds. The fourth-order valence-corrected chi connectivity index (χ4v) is 4.91. The van der Waals surface area contributed by atoms with Crippen molar-refractivity contribution in [2.75, 3.05) is 12.9 Å². The van der Waals surface area contributed by atoms with Crippen LogP contribution in [0.15, 0.2) is 41.2 Å². The Morgan fingerprint density at radius 1 is 1.41 bits per heavy atom. The van der Waals surface area contributed by atoms with Crippen LogP contribution in [0, 0.1) is 0 Å². The highest BCUT2D eigenvalue weighted by Crippen LogP contribution is 2.53. The van der Waals surface area contributed by atoms with E-state index in [9.17, 15) is 5.11 Å². The molecule has 0 saturated carbocycles. The fourth-order valence-electron chi connectivity index (χ4n) is 2.73. The number of ether oxygens (including phenoxy) is 1. The van der Waals surface area contributed by atoms with Gasteiger partial charge in [-0.3, -0.25) is 0 Å². The van der Waals surface area contributed by atoms with Crippen LogP contribution in [0.5, 0.6) is 11.5 Å². The summed E-state index contributed by atoms with van der Waals surface area (Å²) in [6.45, 7) is 4.41. The van der Waals surface area contributed by atoms with Crippen molar-refractivity contribution in [3.8, 4) is 11.5 Å². The minimum absolute atomic E-state index is 0.0934. The summed E-state index contributed by atoms with van der Waals surface area (Å²) in [5.41, 5.74) is 2.41. The molecule has 4 heteroatoms. The predicted octanol–water partition coefficient (Wildman–Crippen LogP) is 5.24. The van der Waals surface area contributed by atoms with Gasteiger partial charge < -0.3 is 9.84 Å². The number of methoxy groups -OCH3 is 1. The minimum Gasteiger partial charge on any atom is -0.508 e. The van der Waals surface area contributed by atoms with Gasteiger partial charge in [0.25, 0.3) is 0 Å². The first-order valence-electron chi connectivity index (χ1n) is 7.69. The van der Waals surface area contributed by atoms with Gasteiger partial charge in [-0.05, 0) is 42.8 Å². The van der Waals surface area contributed by atoms with E-state index < -0.39 is 0 Å². The molecule has 1 aromatic rings. The number of phenolic OH excluding ortho intramolecular Hbond substituents is 1. The van der Waals surface area contributed by atoms with Crippen LogP contribution in [-0.2, 0) is 5.16 Å².